The van der Waals surface area contributed by atoms with Crippen LogP contribution >= 0.6 is 0 Å². The van der Waals surface area contributed by atoms with Crippen molar-refractivity contribution in [1.82, 2.24) is 25.4 Å². The van der Waals surface area contributed by atoms with Gasteiger partial charge in [-0.25, -0.2) is 20.1 Å². The second kappa shape index (κ2) is 11.7. The number of nitrogens with zero attached hydrogens (tertiary/aromatic N) is 4. The number of hydrazine groups is 1. The van der Waals surface area contributed by atoms with E-state index in [1.165, 1.54) is 5.43 Å². The fraction of sp³-hybridized carbons (Fsp3) is 0.222. The van der Waals surface area contributed by atoms with Crippen molar-refractivity contribution in [2.45, 2.75) is 13.8 Å². The first-order valence-corrected chi connectivity index (χ1v) is 4.77. The van der Waals surface area contributed by atoms with Crippen LogP contribution < -0.4 is 5.43 Å². The fourth-order valence-corrected chi connectivity index (χ4v) is 0.729. The Balaban J connectivity index is 0. The molecule has 0 aliphatic carbocycles. The van der Waals surface area contributed by atoms with Crippen molar-refractivity contribution in [3.63, 3.8) is 0 Å². The molecule has 0 amide bonds. The van der Waals surface area contributed by atoms with Gasteiger partial charge in [-0.3, -0.25) is 0 Å². The lowest BCUT2D eigenvalue weighted by Gasteiger charge is -1.73. The van der Waals surface area contributed by atoms with E-state index < -0.39 is 5.03 Å². The van der Waals surface area contributed by atoms with Crippen LogP contribution in [0.2, 0.25) is 0 Å². The van der Waals surface area contributed by atoms with Crippen LogP contribution in [0.1, 0.15) is 11.6 Å². The average molecular weight is 262 g/mol. The Kier molecular flexibility index (Phi) is 11.4. The molecule has 0 saturated carbocycles. The summed E-state index contributed by atoms with van der Waals surface area (Å²) in [5.74, 6) is 1.94. The van der Waals surface area contributed by atoms with Gasteiger partial charge in [0.1, 0.15) is 11.6 Å². The Morgan fingerprint density at radius 3 is 1.74 bits per heavy atom. The van der Waals surface area contributed by atoms with Crippen LogP contribution in [0.15, 0.2) is 24.8 Å². The van der Waals surface area contributed by atoms with Crippen molar-refractivity contribution in [3.05, 3.63) is 46.6 Å². The van der Waals surface area contributed by atoms with E-state index in [1.54, 1.807) is 24.8 Å². The molecule has 2 heterocycles. The number of aromatic nitrogens is 4. The zero-order valence-corrected chi connectivity index (χ0v) is 10.5. The first-order chi connectivity index (χ1) is 8.56. The minimum absolute atomic E-state index is 0. The molecule has 0 aliphatic heterocycles. The number of hydrogen-bond donors (Lipinski definition) is 3. The molecule has 19 heavy (non-hydrogen) atoms. The Bertz CT molecular complexity index is 431. The van der Waals surface area contributed by atoms with Crippen LogP contribution in [-0.4, -0.2) is 33.4 Å². The molecule has 9 nitrogen and oxygen atoms in total. The standard InChI is InChI=1S/2C4H6N2.CHN3O2.B/c2*1-4-5-2-3-6-4;2-1-3-4(5)6;/h2*2-3H,1H3,(H,5,6);3H;. The van der Waals surface area contributed by atoms with Gasteiger partial charge in [0.05, 0.1) is 0 Å². The summed E-state index contributed by atoms with van der Waals surface area (Å²) in [6, 6.07) is 0. The van der Waals surface area contributed by atoms with Gasteiger partial charge in [-0.15, -0.1) is 0 Å². The first-order valence-electron chi connectivity index (χ1n) is 4.77. The number of hydrogen-bond acceptors (Lipinski definition) is 5. The summed E-state index contributed by atoms with van der Waals surface area (Å²) in [5.41, 5.74) is 1.24. The van der Waals surface area contributed by atoms with Crippen LogP contribution in [0.3, 0.4) is 0 Å². The molecule has 0 saturated heterocycles. The highest BCUT2D eigenvalue weighted by Gasteiger charge is 1.80. The summed E-state index contributed by atoms with van der Waals surface area (Å²) < 4.78 is 0. The largest absolute Gasteiger partial charge is 0.349 e. The number of nitro groups is 1. The van der Waals surface area contributed by atoms with E-state index in [2.05, 4.69) is 19.9 Å². The number of nitriles is 1. The molecule has 0 aromatic carbocycles. The smallest absolute Gasteiger partial charge is 0.241 e. The predicted molar refractivity (Wildman–Crippen MR) is 68.1 cm³/mol. The number of aromatic amines is 2. The average Bonchev–Trinajstić information content (AvgIpc) is 2.93. The summed E-state index contributed by atoms with van der Waals surface area (Å²) >= 11 is 0. The summed E-state index contributed by atoms with van der Waals surface area (Å²) in [6.07, 6.45) is 8.18. The SMILES string of the molecule is Cc1ncc[nH]1.Cc1ncc[nH]1.N#CN[N+](=O)[O-].[B]. The highest BCUT2D eigenvalue weighted by Crippen LogP contribution is 1.79. The third kappa shape index (κ3) is 13.1. The maximum atomic E-state index is 9.07. The van der Waals surface area contributed by atoms with Gasteiger partial charge in [0.2, 0.25) is 6.19 Å². The molecule has 3 N–H and O–H groups in total. The number of nitrogens with one attached hydrogen (secondary N) is 3. The van der Waals surface area contributed by atoms with E-state index in [9.17, 15) is 0 Å². The molecule has 99 valence electrons. The lowest BCUT2D eigenvalue weighted by atomic mass is 10.8. The Morgan fingerprint density at radius 1 is 1.26 bits per heavy atom. The first kappa shape index (κ1) is 18.5. The summed E-state index contributed by atoms with van der Waals surface area (Å²) in [6.45, 7) is 3.83. The van der Waals surface area contributed by atoms with E-state index in [1.807, 2.05) is 13.8 Å². The topological polar surface area (TPSA) is 136 Å². The fourth-order valence-electron chi connectivity index (χ4n) is 0.729. The van der Waals surface area contributed by atoms with Crippen LogP contribution in [0.25, 0.3) is 0 Å². The van der Waals surface area contributed by atoms with Crippen molar-refractivity contribution in [3.8, 4) is 6.19 Å². The van der Waals surface area contributed by atoms with E-state index in [-0.39, 0.29) is 8.41 Å². The van der Waals surface area contributed by atoms with Crippen molar-refractivity contribution in [1.29, 1.82) is 5.26 Å². The van der Waals surface area contributed by atoms with Gasteiger partial charge in [-0.2, -0.15) is 5.26 Å². The van der Waals surface area contributed by atoms with Gasteiger partial charge in [-0.05, 0) is 19.3 Å². The maximum Gasteiger partial charge on any atom is 0.241 e. The molecule has 2 rings (SSSR count). The molecule has 0 aliphatic rings. The van der Waals surface area contributed by atoms with Crippen LogP contribution in [-0.2, 0) is 0 Å². The Morgan fingerprint density at radius 2 is 1.68 bits per heavy atom. The Hall–Kier alpha value is -2.83. The molecule has 0 fully saturated rings. The van der Waals surface area contributed by atoms with Crippen LogP contribution in [0.5, 0.6) is 0 Å². The molecule has 0 atom stereocenters. The molecular formula is C9H13BN7O2. The zero-order valence-electron chi connectivity index (χ0n) is 10.5. The highest BCUT2D eigenvalue weighted by atomic mass is 16.7. The lowest BCUT2D eigenvalue weighted by molar-refractivity contribution is -0.529. The number of imidazole rings is 2. The summed E-state index contributed by atoms with van der Waals surface area (Å²) in [7, 11) is 0. The molecule has 2 aromatic rings. The number of rotatable bonds is 1. The van der Waals surface area contributed by atoms with Gasteiger partial charge >= 0.3 is 0 Å². The van der Waals surface area contributed by atoms with Gasteiger partial charge < -0.3 is 9.97 Å². The number of H-pyrrole nitrogens is 2. The second-order valence-electron chi connectivity index (χ2n) is 2.83. The lowest BCUT2D eigenvalue weighted by Crippen LogP contribution is -2.13. The molecule has 2 aromatic heterocycles. The zero-order chi connectivity index (χ0) is 13.8. The van der Waals surface area contributed by atoms with Crippen molar-refractivity contribution in [2.75, 3.05) is 0 Å². The number of aryl methyl sites for hydroxylation is 2. The normalized spacial score (nSPS) is 7.42. The van der Waals surface area contributed by atoms with Gasteiger partial charge in [0, 0.05) is 33.2 Å². The second-order valence-corrected chi connectivity index (χ2v) is 2.83. The van der Waals surface area contributed by atoms with E-state index >= 15 is 0 Å². The molecule has 3 radical (unpaired) electrons. The minimum atomic E-state index is -0.931. The third-order valence-electron chi connectivity index (χ3n) is 1.41. The summed E-state index contributed by atoms with van der Waals surface area (Å²) in [4.78, 5) is 22.6. The van der Waals surface area contributed by atoms with E-state index in [0.717, 1.165) is 17.8 Å². The molecular weight excluding hydrogens is 249 g/mol. The van der Waals surface area contributed by atoms with Crippen molar-refractivity contribution >= 4 is 8.41 Å². The van der Waals surface area contributed by atoms with Gasteiger partial charge in [0.15, 0.2) is 5.03 Å². The maximum absolute atomic E-state index is 9.07. The van der Waals surface area contributed by atoms with Crippen molar-refractivity contribution in [2.24, 2.45) is 0 Å². The molecule has 0 bridgehead atoms. The van der Waals surface area contributed by atoms with Gasteiger partial charge in [-0.1, -0.05) is 0 Å². The summed E-state index contributed by atoms with van der Waals surface area (Å²) in [5, 5.41) is 15.6. The monoisotopic (exact) mass is 262 g/mol. The van der Waals surface area contributed by atoms with Crippen LogP contribution in [0.4, 0.5) is 0 Å². The van der Waals surface area contributed by atoms with Gasteiger partial charge in [0.25, 0.3) is 0 Å². The highest BCUT2D eigenvalue weighted by molar-refractivity contribution is 5.75. The predicted octanol–water partition coefficient (Wildman–Crippen LogP) is 0.304. The van der Waals surface area contributed by atoms with Crippen LogP contribution in [0, 0.1) is 35.4 Å². The quantitative estimate of drug-likeness (QED) is 0.222. The molecule has 10 heteroatoms. The van der Waals surface area contributed by atoms with E-state index in [0.29, 0.717) is 0 Å². The van der Waals surface area contributed by atoms with Crippen molar-refractivity contribution < 1.29 is 5.03 Å². The third-order valence-corrected chi connectivity index (χ3v) is 1.41. The molecule has 0 spiro atoms. The Labute approximate surface area is 111 Å². The minimum Gasteiger partial charge on any atom is -0.349 e. The molecule has 0 unspecified atom stereocenters. The van der Waals surface area contributed by atoms with E-state index in [4.69, 9.17) is 15.4 Å².